The fraction of sp³-hybridized carbons (Fsp3) is 0.364. The number of aldehydes is 1. The zero-order valence-corrected chi connectivity index (χ0v) is 19.1. The Kier molecular flexibility index (Phi) is 13.3. The standard InChI is InChI=1S/C20H26BrN3S.C2H4O/c1-2-8-18(21)13-19-15-23-20(24(19)11-6-7-12-25)16-22-14-17-9-4-3-5-10-17;1-2-3/h2-5,8-10,13,15,22,25H,6-7,11-12,14,16H2,1H3;2H,1H3/b8-2-,18-13+;. The van der Waals surface area contributed by atoms with E-state index in [-0.39, 0.29) is 0 Å². The van der Waals surface area contributed by atoms with Crippen LogP contribution in [0.2, 0.25) is 0 Å². The zero-order valence-electron chi connectivity index (χ0n) is 16.6. The molecular formula is C22H30BrN3OS. The molecule has 1 aromatic carbocycles. The lowest BCUT2D eigenvalue weighted by atomic mass is 10.2. The Morgan fingerprint density at radius 3 is 2.57 bits per heavy atom. The van der Waals surface area contributed by atoms with Crippen molar-refractivity contribution in [2.45, 2.75) is 46.3 Å². The van der Waals surface area contributed by atoms with Gasteiger partial charge in [0.25, 0.3) is 0 Å². The summed E-state index contributed by atoms with van der Waals surface area (Å²) in [5, 5.41) is 3.50. The first-order valence-electron chi connectivity index (χ1n) is 9.45. The molecular weight excluding hydrogens is 434 g/mol. The van der Waals surface area contributed by atoms with E-state index in [4.69, 9.17) is 4.79 Å². The molecule has 0 atom stereocenters. The summed E-state index contributed by atoms with van der Waals surface area (Å²) < 4.78 is 3.35. The van der Waals surface area contributed by atoms with E-state index >= 15 is 0 Å². The van der Waals surface area contributed by atoms with Gasteiger partial charge in [0.05, 0.1) is 18.4 Å². The predicted octanol–water partition coefficient (Wildman–Crippen LogP) is 5.40. The number of imidazole rings is 1. The van der Waals surface area contributed by atoms with Gasteiger partial charge in [0.1, 0.15) is 12.1 Å². The van der Waals surface area contributed by atoms with Crippen LogP contribution in [-0.2, 0) is 24.4 Å². The monoisotopic (exact) mass is 463 g/mol. The second-order valence-corrected chi connectivity index (χ2v) is 7.40. The maximum atomic E-state index is 8.81. The predicted molar refractivity (Wildman–Crippen MR) is 126 cm³/mol. The van der Waals surface area contributed by atoms with Crippen molar-refractivity contribution < 1.29 is 4.79 Å². The lowest BCUT2D eigenvalue weighted by molar-refractivity contribution is -0.106. The third-order valence-corrected chi connectivity index (χ3v) is 4.64. The van der Waals surface area contributed by atoms with Crippen LogP contribution in [0.15, 0.2) is 53.2 Å². The number of carbonyl (C=O) groups excluding carboxylic acids is 1. The van der Waals surface area contributed by atoms with Gasteiger partial charge < -0.3 is 14.7 Å². The van der Waals surface area contributed by atoms with E-state index < -0.39 is 0 Å². The van der Waals surface area contributed by atoms with Gasteiger partial charge in [0, 0.05) is 17.6 Å². The van der Waals surface area contributed by atoms with Crippen LogP contribution in [0, 0.1) is 0 Å². The molecule has 0 aliphatic rings. The quantitative estimate of drug-likeness (QED) is 0.214. The number of halogens is 1. The summed E-state index contributed by atoms with van der Waals surface area (Å²) >= 11 is 7.91. The maximum Gasteiger partial charge on any atom is 0.123 e. The van der Waals surface area contributed by atoms with Crippen LogP contribution in [-0.4, -0.2) is 21.6 Å². The first-order valence-corrected chi connectivity index (χ1v) is 10.9. The number of hydrogen-bond acceptors (Lipinski definition) is 4. The van der Waals surface area contributed by atoms with Gasteiger partial charge in [0.2, 0.25) is 0 Å². The smallest absolute Gasteiger partial charge is 0.123 e. The Balaban J connectivity index is 0.00000122. The Hall–Kier alpha value is -1.63. The Labute approximate surface area is 182 Å². The molecule has 0 amide bonds. The van der Waals surface area contributed by atoms with Gasteiger partial charge in [-0.1, -0.05) is 58.4 Å². The molecule has 0 radical (unpaired) electrons. The zero-order chi connectivity index (χ0) is 20.6. The molecule has 2 aromatic rings. The van der Waals surface area contributed by atoms with E-state index in [0.717, 1.165) is 60.5 Å². The van der Waals surface area contributed by atoms with Crippen LogP contribution in [0.1, 0.15) is 43.8 Å². The fourth-order valence-corrected chi connectivity index (χ4v) is 3.31. The molecule has 0 aliphatic heterocycles. The molecule has 0 spiro atoms. The molecule has 0 saturated heterocycles. The normalized spacial score (nSPS) is 11.4. The summed E-state index contributed by atoms with van der Waals surface area (Å²) in [6.07, 6.45) is 11.1. The number of thiol groups is 1. The van der Waals surface area contributed by atoms with Crippen molar-refractivity contribution in [2.24, 2.45) is 0 Å². The summed E-state index contributed by atoms with van der Waals surface area (Å²) in [5.74, 6) is 1.99. The summed E-state index contributed by atoms with van der Waals surface area (Å²) in [4.78, 5) is 13.4. The minimum absolute atomic E-state index is 0.750. The van der Waals surface area contributed by atoms with E-state index in [1.165, 1.54) is 12.5 Å². The highest BCUT2D eigenvalue weighted by atomic mass is 79.9. The molecule has 0 aliphatic carbocycles. The number of aromatic nitrogens is 2. The fourth-order valence-electron chi connectivity index (χ4n) is 2.59. The molecule has 0 saturated carbocycles. The van der Waals surface area contributed by atoms with Crippen LogP contribution in [0.5, 0.6) is 0 Å². The van der Waals surface area contributed by atoms with Crippen LogP contribution >= 0.6 is 28.6 Å². The van der Waals surface area contributed by atoms with Crippen LogP contribution in [0.4, 0.5) is 0 Å². The first-order chi connectivity index (χ1) is 13.7. The summed E-state index contributed by atoms with van der Waals surface area (Å²) in [7, 11) is 0. The SMILES string of the molecule is C/C=C\C(Br)=C/c1cnc(CNCc2ccccc2)n1CCCCS.CC=O. The van der Waals surface area contributed by atoms with E-state index in [0.29, 0.717) is 0 Å². The molecule has 0 bridgehead atoms. The largest absolute Gasteiger partial charge is 0.327 e. The summed E-state index contributed by atoms with van der Waals surface area (Å²) in [6, 6.07) is 10.4. The van der Waals surface area contributed by atoms with E-state index in [2.05, 4.69) is 73.8 Å². The number of unbranched alkanes of at least 4 members (excludes halogenated alkanes) is 1. The van der Waals surface area contributed by atoms with E-state index in [1.54, 1.807) is 0 Å². The Morgan fingerprint density at radius 1 is 1.21 bits per heavy atom. The highest BCUT2D eigenvalue weighted by Crippen LogP contribution is 2.16. The van der Waals surface area contributed by atoms with Gasteiger partial charge in [-0.3, -0.25) is 0 Å². The van der Waals surface area contributed by atoms with Crippen molar-refractivity contribution >= 4 is 40.9 Å². The molecule has 1 aromatic heterocycles. The average molecular weight is 464 g/mol. The third kappa shape index (κ3) is 9.53. The van der Waals surface area contributed by atoms with Crippen LogP contribution in [0.3, 0.4) is 0 Å². The highest BCUT2D eigenvalue weighted by molar-refractivity contribution is 9.12. The van der Waals surface area contributed by atoms with Gasteiger partial charge >= 0.3 is 0 Å². The number of hydrogen-bond donors (Lipinski definition) is 2. The lowest BCUT2D eigenvalue weighted by Crippen LogP contribution is -2.17. The Morgan fingerprint density at radius 2 is 1.93 bits per heavy atom. The van der Waals surface area contributed by atoms with E-state index in [1.807, 2.05) is 31.3 Å². The molecule has 1 N–H and O–H groups in total. The molecule has 2 rings (SSSR count). The topological polar surface area (TPSA) is 46.9 Å². The highest BCUT2D eigenvalue weighted by Gasteiger charge is 2.08. The molecule has 0 fully saturated rings. The Bertz CT molecular complexity index is 741. The van der Waals surface area contributed by atoms with E-state index in [9.17, 15) is 0 Å². The molecule has 4 nitrogen and oxygen atoms in total. The van der Waals surface area contributed by atoms with Gasteiger partial charge in [-0.05, 0) is 44.1 Å². The van der Waals surface area contributed by atoms with Crippen molar-refractivity contribution in [2.75, 3.05) is 5.75 Å². The minimum Gasteiger partial charge on any atom is -0.327 e. The number of nitrogens with zero attached hydrogens (tertiary/aromatic N) is 2. The first kappa shape index (κ1) is 24.4. The number of benzene rings is 1. The maximum absolute atomic E-state index is 8.81. The number of rotatable bonds is 10. The third-order valence-electron chi connectivity index (χ3n) is 3.83. The van der Waals surface area contributed by atoms with Crippen LogP contribution < -0.4 is 5.32 Å². The molecule has 152 valence electrons. The summed E-state index contributed by atoms with van der Waals surface area (Å²) in [6.45, 7) is 6.02. The molecule has 6 heteroatoms. The van der Waals surface area contributed by atoms with Crippen LogP contribution in [0.25, 0.3) is 6.08 Å². The van der Waals surface area contributed by atoms with Crippen molar-refractivity contribution in [1.82, 2.24) is 14.9 Å². The van der Waals surface area contributed by atoms with Crippen molar-refractivity contribution in [1.29, 1.82) is 0 Å². The average Bonchev–Trinajstić information content (AvgIpc) is 3.05. The van der Waals surface area contributed by atoms with Crippen molar-refractivity contribution in [3.8, 4) is 0 Å². The molecule has 1 heterocycles. The van der Waals surface area contributed by atoms with Crippen molar-refractivity contribution in [3.05, 3.63) is 70.2 Å². The molecule has 28 heavy (non-hydrogen) atoms. The summed E-state index contributed by atoms with van der Waals surface area (Å²) in [5.41, 5.74) is 2.41. The second kappa shape index (κ2) is 15.3. The van der Waals surface area contributed by atoms with Gasteiger partial charge in [-0.15, -0.1) is 0 Å². The molecule has 0 unspecified atom stereocenters. The van der Waals surface area contributed by atoms with Crippen molar-refractivity contribution in [3.63, 3.8) is 0 Å². The minimum atomic E-state index is 0.750. The van der Waals surface area contributed by atoms with Gasteiger partial charge in [-0.2, -0.15) is 12.6 Å². The number of carbonyl (C=O) groups is 1. The number of allylic oxidation sites excluding steroid dienone is 3. The second-order valence-electron chi connectivity index (χ2n) is 6.04. The lowest BCUT2D eigenvalue weighted by Gasteiger charge is -2.11. The van der Waals surface area contributed by atoms with Gasteiger partial charge in [-0.25, -0.2) is 4.98 Å². The van der Waals surface area contributed by atoms with Gasteiger partial charge in [0.15, 0.2) is 0 Å². The number of nitrogens with one attached hydrogen (secondary N) is 1.